The first-order chi connectivity index (χ1) is 8.81. The Morgan fingerprint density at radius 2 is 1.90 bits per heavy atom. The van der Waals surface area contributed by atoms with Crippen molar-refractivity contribution in [3.05, 3.63) is 23.8 Å². The Morgan fingerprint density at radius 3 is 2.45 bits per heavy atom. The van der Waals surface area contributed by atoms with Crippen LogP contribution in [0.3, 0.4) is 0 Å². The molecule has 20 heavy (non-hydrogen) atoms. The van der Waals surface area contributed by atoms with Crippen molar-refractivity contribution in [3.8, 4) is 0 Å². The van der Waals surface area contributed by atoms with Gasteiger partial charge in [-0.25, -0.2) is 8.42 Å². The average molecular weight is 322 g/mol. The van der Waals surface area contributed by atoms with Crippen LogP contribution in [0.1, 0.15) is 12.0 Å². The van der Waals surface area contributed by atoms with Crippen LogP contribution in [0.15, 0.2) is 18.2 Å². The minimum atomic E-state index is -3.38. The molecule has 0 saturated carbocycles. The van der Waals surface area contributed by atoms with E-state index in [0.717, 1.165) is 11.8 Å². The molecule has 0 atom stereocenters. The summed E-state index contributed by atoms with van der Waals surface area (Å²) in [6, 6.07) is 5.13. The molecule has 0 fully saturated rings. The second-order valence-electron chi connectivity index (χ2n) is 4.32. The van der Waals surface area contributed by atoms with E-state index in [1.165, 1.54) is 0 Å². The van der Waals surface area contributed by atoms with Gasteiger partial charge in [-0.15, -0.1) is 12.4 Å². The Morgan fingerprint density at radius 1 is 1.25 bits per heavy atom. The number of benzene rings is 1. The number of hydrogen-bond donors (Lipinski definition) is 3. The van der Waals surface area contributed by atoms with Crippen molar-refractivity contribution in [2.75, 3.05) is 29.9 Å². The van der Waals surface area contributed by atoms with Crippen LogP contribution in [0.2, 0.25) is 0 Å². The molecule has 1 amide bonds. The molecule has 0 heterocycles. The van der Waals surface area contributed by atoms with E-state index in [2.05, 4.69) is 15.4 Å². The van der Waals surface area contributed by atoms with Crippen LogP contribution in [-0.2, 0) is 14.8 Å². The molecule has 0 unspecified atom stereocenters. The smallest absolute Gasteiger partial charge is 0.229 e. The molecule has 0 bridgehead atoms. The van der Waals surface area contributed by atoms with Gasteiger partial charge in [-0.05, 0) is 31.7 Å². The van der Waals surface area contributed by atoms with Gasteiger partial charge in [0.25, 0.3) is 0 Å². The fourth-order valence-corrected chi connectivity index (χ4v) is 2.08. The van der Waals surface area contributed by atoms with E-state index >= 15 is 0 Å². The second-order valence-corrected chi connectivity index (χ2v) is 6.07. The zero-order valence-corrected chi connectivity index (χ0v) is 13.3. The molecule has 0 aliphatic heterocycles. The van der Waals surface area contributed by atoms with Crippen LogP contribution >= 0.6 is 12.4 Å². The van der Waals surface area contributed by atoms with Crippen molar-refractivity contribution in [2.45, 2.75) is 13.3 Å². The monoisotopic (exact) mass is 321 g/mol. The standard InChI is InChI=1S/C12H19N3O3S.ClH/c1-9-4-5-10(15-19(3,17)18)11(8-9)14-12(16)6-7-13-2;/h4-5,8,13,15H,6-7H2,1-3H3,(H,14,16);1H. The lowest BCUT2D eigenvalue weighted by Crippen LogP contribution is -2.20. The lowest BCUT2D eigenvalue weighted by molar-refractivity contribution is -0.116. The topological polar surface area (TPSA) is 87.3 Å². The van der Waals surface area contributed by atoms with E-state index < -0.39 is 10.0 Å². The van der Waals surface area contributed by atoms with Crippen molar-refractivity contribution in [3.63, 3.8) is 0 Å². The van der Waals surface area contributed by atoms with Gasteiger partial charge in [0.05, 0.1) is 17.6 Å². The highest BCUT2D eigenvalue weighted by molar-refractivity contribution is 7.92. The summed E-state index contributed by atoms with van der Waals surface area (Å²) in [7, 11) is -1.62. The fraction of sp³-hybridized carbons (Fsp3) is 0.417. The molecule has 0 saturated heterocycles. The number of sulfonamides is 1. The molecule has 8 heteroatoms. The molecule has 3 N–H and O–H groups in total. The summed E-state index contributed by atoms with van der Waals surface area (Å²) in [6.45, 7) is 2.43. The summed E-state index contributed by atoms with van der Waals surface area (Å²) in [5.41, 5.74) is 1.76. The van der Waals surface area contributed by atoms with E-state index in [9.17, 15) is 13.2 Å². The molecule has 0 aliphatic carbocycles. The SMILES string of the molecule is CNCCC(=O)Nc1cc(C)ccc1NS(C)(=O)=O.Cl. The molecule has 0 spiro atoms. The Balaban J connectivity index is 0.00000361. The van der Waals surface area contributed by atoms with Gasteiger partial charge in [-0.2, -0.15) is 0 Å². The maximum Gasteiger partial charge on any atom is 0.229 e. The van der Waals surface area contributed by atoms with Gasteiger partial charge in [-0.3, -0.25) is 9.52 Å². The van der Waals surface area contributed by atoms with Gasteiger partial charge >= 0.3 is 0 Å². The molecule has 1 rings (SSSR count). The fourth-order valence-electron chi connectivity index (χ4n) is 1.50. The largest absolute Gasteiger partial charge is 0.324 e. The molecule has 0 radical (unpaired) electrons. The third-order valence-electron chi connectivity index (χ3n) is 2.35. The summed E-state index contributed by atoms with van der Waals surface area (Å²) >= 11 is 0. The number of hydrogen-bond acceptors (Lipinski definition) is 4. The van der Waals surface area contributed by atoms with Gasteiger partial charge in [0, 0.05) is 13.0 Å². The Labute approximate surface area is 125 Å². The van der Waals surface area contributed by atoms with Crippen LogP contribution in [0.5, 0.6) is 0 Å². The summed E-state index contributed by atoms with van der Waals surface area (Å²) < 4.78 is 24.9. The number of aryl methyl sites for hydroxylation is 1. The third-order valence-corrected chi connectivity index (χ3v) is 2.94. The minimum absolute atomic E-state index is 0. The van der Waals surface area contributed by atoms with Crippen molar-refractivity contribution < 1.29 is 13.2 Å². The van der Waals surface area contributed by atoms with E-state index in [1.54, 1.807) is 25.2 Å². The Hall–Kier alpha value is -1.31. The molecule has 6 nitrogen and oxygen atoms in total. The van der Waals surface area contributed by atoms with Crippen molar-refractivity contribution in [1.29, 1.82) is 0 Å². The average Bonchev–Trinajstić information content (AvgIpc) is 2.28. The molecule has 1 aromatic rings. The van der Waals surface area contributed by atoms with Crippen LogP contribution in [0.4, 0.5) is 11.4 Å². The zero-order valence-electron chi connectivity index (χ0n) is 11.7. The first kappa shape index (κ1) is 18.7. The maximum atomic E-state index is 11.7. The van der Waals surface area contributed by atoms with Crippen LogP contribution in [-0.4, -0.2) is 34.2 Å². The number of halogens is 1. The summed E-state index contributed by atoms with van der Waals surface area (Å²) in [4.78, 5) is 11.7. The molecular weight excluding hydrogens is 302 g/mol. The predicted molar refractivity (Wildman–Crippen MR) is 84.1 cm³/mol. The summed E-state index contributed by atoms with van der Waals surface area (Å²) in [5.74, 6) is -0.170. The lowest BCUT2D eigenvalue weighted by atomic mass is 10.2. The third kappa shape index (κ3) is 6.74. The highest BCUT2D eigenvalue weighted by Crippen LogP contribution is 2.24. The molecule has 114 valence electrons. The van der Waals surface area contributed by atoms with E-state index in [-0.39, 0.29) is 18.3 Å². The number of carbonyl (C=O) groups excluding carboxylic acids is 1. The molecule has 1 aromatic carbocycles. The van der Waals surface area contributed by atoms with Crippen LogP contribution in [0.25, 0.3) is 0 Å². The van der Waals surface area contributed by atoms with Gasteiger partial charge in [0.15, 0.2) is 0 Å². The highest BCUT2D eigenvalue weighted by Gasteiger charge is 2.10. The first-order valence-corrected chi connectivity index (χ1v) is 7.74. The molecule has 0 aromatic heterocycles. The number of amides is 1. The highest BCUT2D eigenvalue weighted by atomic mass is 35.5. The molecule has 0 aliphatic rings. The zero-order chi connectivity index (χ0) is 14.5. The van der Waals surface area contributed by atoms with Crippen LogP contribution in [0, 0.1) is 6.92 Å². The number of rotatable bonds is 6. The summed E-state index contributed by atoms with van der Waals surface area (Å²) in [5, 5.41) is 5.58. The van der Waals surface area contributed by atoms with E-state index in [1.807, 2.05) is 6.92 Å². The normalized spacial score (nSPS) is 10.6. The van der Waals surface area contributed by atoms with Crippen molar-refractivity contribution in [2.24, 2.45) is 0 Å². The lowest BCUT2D eigenvalue weighted by Gasteiger charge is -2.13. The first-order valence-electron chi connectivity index (χ1n) is 5.84. The Kier molecular flexibility index (Phi) is 7.55. The van der Waals surface area contributed by atoms with Gasteiger partial charge in [0.1, 0.15) is 0 Å². The minimum Gasteiger partial charge on any atom is -0.324 e. The van der Waals surface area contributed by atoms with Crippen molar-refractivity contribution >= 4 is 39.7 Å². The Bertz CT molecular complexity index is 561. The van der Waals surface area contributed by atoms with E-state index in [4.69, 9.17) is 0 Å². The number of carbonyl (C=O) groups is 1. The predicted octanol–water partition coefficient (Wildman–Crippen LogP) is 1.34. The summed E-state index contributed by atoms with van der Waals surface area (Å²) in [6.07, 6.45) is 1.39. The van der Waals surface area contributed by atoms with Gasteiger partial charge in [-0.1, -0.05) is 6.07 Å². The number of anilines is 2. The number of nitrogens with one attached hydrogen (secondary N) is 3. The van der Waals surface area contributed by atoms with Crippen LogP contribution < -0.4 is 15.4 Å². The quantitative estimate of drug-likeness (QED) is 0.738. The van der Waals surface area contributed by atoms with E-state index in [0.29, 0.717) is 24.3 Å². The second kappa shape index (κ2) is 8.08. The molecular formula is C12H20ClN3O3S. The van der Waals surface area contributed by atoms with Gasteiger partial charge in [0.2, 0.25) is 15.9 Å². The van der Waals surface area contributed by atoms with Crippen molar-refractivity contribution in [1.82, 2.24) is 5.32 Å². The maximum absolute atomic E-state index is 11.7. The van der Waals surface area contributed by atoms with Gasteiger partial charge < -0.3 is 10.6 Å².